The normalized spacial score (nSPS) is 16.0. The standard InChI is InChI=1S/C3H4O3.H2O7S2/c4-3-5-1-2-6-3;1-8(2,3)7-9(4,5)6/h1-2H2;(H,1,2,3)(H,4,5,6). The van der Waals surface area contributed by atoms with Crippen LogP contribution in [0.25, 0.3) is 0 Å². The molecule has 1 heterocycles. The van der Waals surface area contributed by atoms with Gasteiger partial charge in [0.2, 0.25) is 0 Å². The minimum absolute atomic E-state index is 0.416. The zero-order valence-electron chi connectivity index (χ0n) is 6.89. The summed E-state index contributed by atoms with van der Waals surface area (Å²) in [6, 6.07) is 0. The molecule has 0 bridgehead atoms. The van der Waals surface area contributed by atoms with Crippen LogP contribution >= 0.6 is 0 Å². The molecule has 2 N–H and O–H groups in total. The smallest absolute Gasteiger partial charge is 0.431 e. The monoisotopic (exact) mass is 266 g/mol. The molecular weight excluding hydrogens is 260 g/mol. The second-order valence-corrected chi connectivity index (χ2v) is 4.13. The Labute approximate surface area is 84.6 Å². The number of carbonyl (C=O) groups excluding carboxylic acids is 1. The van der Waals surface area contributed by atoms with E-state index in [1.54, 1.807) is 0 Å². The van der Waals surface area contributed by atoms with E-state index in [1.807, 2.05) is 0 Å². The summed E-state index contributed by atoms with van der Waals surface area (Å²) in [5.74, 6) is 0. The molecule has 1 saturated heterocycles. The molecule has 1 fully saturated rings. The highest BCUT2D eigenvalue weighted by Crippen LogP contribution is 1.92. The number of carbonyl (C=O) groups is 1. The third kappa shape index (κ3) is 11.0. The average Bonchev–Trinajstić information content (AvgIpc) is 2.31. The van der Waals surface area contributed by atoms with Gasteiger partial charge in [0.25, 0.3) is 0 Å². The summed E-state index contributed by atoms with van der Waals surface area (Å²) < 4.78 is 64.2. The van der Waals surface area contributed by atoms with Crippen LogP contribution in [0.4, 0.5) is 4.79 Å². The lowest BCUT2D eigenvalue weighted by Gasteiger charge is -1.89. The molecule has 0 aromatic carbocycles. The number of rotatable bonds is 2. The molecule has 0 aromatic heterocycles. The summed E-state index contributed by atoms with van der Waals surface area (Å²) >= 11 is 0. The van der Waals surface area contributed by atoms with Crippen molar-refractivity contribution in [2.75, 3.05) is 13.2 Å². The zero-order valence-corrected chi connectivity index (χ0v) is 8.52. The lowest BCUT2D eigenvalue weighted by atomic mass is 10.8. The number of cyclic esters (lactones) is 2. The second-order valence-electron chi connectivity index (χ2n) is 1.87. The Hall–Kier alpha value is -0.950. The SMILES string of the molecule is O=C1OCCO1.O=S(=O)(O)OS(=O)(=O)O. The molecule has 0 spiro atoms. The molecule has 1 rings (SSSR count). The maximum absolute atomic E-state index is 9.80. The minimum atomic E-state index is -5.12. The van der Waals surface area contributed by atoms with Crippen molar-refractivity contribution in [3.05, 3.63) is 0 Å². The fourth-order valence-electron chi connectivity index (χ4n) is 0.400. The van der Waals surface area contributed by atoms with Crippen LogP contribution in [0.2, 0.25) is 0 Å². The van der Waals surface area contributed by atoms with Gasteiger partial charge in [0.1, 0.15) is 13.2 Å². The Kier molecular flexibility index (Phi) is 4.89. The van der Waals surface area contributed by atoms with E-state index >= 15 is 0 Å². The van der Waals surface area contributed by atoms with Crippen molar-refractivity contribution in [3.63, 3.8) is 0 Å². The molecule has 12 heteroatoms. The molecule has 0 unspecified atom stereocenters. The fourth-order valence-corrected chi connectivity index (χ4v) is 1.27. The Morgan fingerprint density at radius 2 is 1.33 bits per heavy atom. The van der Waals surface area contributed by atoms with Gasteiger partial charge in [0.15, 0.2) is 0 Å². The Morgan fingerprint density at radius 3 is 1.40 bits per heavy atom. The lowest BCUT2D eigenvalue weighted by molar-refractivity contribution is 0.131. The molecule has 0 aromatic rings. The van der Waals surface area contributed by atoms with Crippen LogP contribution in [0.3, 0.4) is 0 Å². The van der Waals surface area contributed by atoms with Crippen LogP contribution in [0, 0.1) is 0 Å². The van der Waals surface area contributed by atoms with Crippen LogP contribution in [0.5, 0.6) is 0 Å². The van der Waals surface area contributed by atoms with Gasteiger partial charge in [0, 0.05) is 0 Å². The average molecular weight is 266 g/mol. The summed E-state index contributed by atoms with van der Waals surface area (Å²) in [5.41, 5.74) is 0. The van der Waals surface area contributed by atoms with Crippen LogP contribution in [0.1, 0.15) is 0 Å². The number of ether oxygens (including phenoxy) is 2. The molecule has 1 aliphatic rings. The van der Waals surface area contributed by atoms with Gasteiger partial charge in [-0.05, 0) is 0 Å². The minimum Gasteiger partial charge on any atom is -0.431 e. The van der Waals surface area contributed by atoms with Crippen molar-refractivity contribution >= 4 is 27.0 Å². The predicted molar refractivity (Wildman–Crippen MR) is 41.5 cm³/mol. The van der Waals surface area contributed by atoms with Gasteiger partial charge in [-0.3, -0.25) is 9.11 Å². The van der Waals surface area contributed by atoms with Crippen molar-refractivity contribution < 1.29 is 43.8 Å². The van der Waals surface area contributed by atoms with Crippen molar-refractivity contribution in [2.24, 2.45) is 0 Å². The summed E-state index contributed by atoms with van der Waals surface area (Å²) in [5, 5.41) is 0. The van der Waals surface area contributed by atoms with Gasteiger partial charge in [-0.15, -0.1) is 3.63 Å². The first-order valence-corrected chi connectivity index (χ1v) is 5.79. The van der Waals surface area contributed by atoms with Crippen molar-refractivity contribution in [1.29, 1.82) is 0 Å². The number of hydrogen-bond donors (Lipinski definition) is 2. The van der Waals surface area contributed by atoms with E-state index in [9.17, 15) is 21.6 Å². The third-order valence-electron chi connectivity index (χ3n) is 0.695. The van der Waals surface area contributed by atoms with Gasteiger partial charge < -0.3 is 9.47 Å². The molecule has 90 valence electrons. The molecule has 1 aliphatic heterocycles. The van der Waals surface area contributed by atoms with Crippen LogP contribution in [-0.2, 0) is 33.9 Å². The molecule has 0 radical (unpaired) electrons. The molecule has 0 atom stereocenters. The van der Waals surface area contributed by atoms with E-state index in [2.05, 4.69) is 13.1 Å². The van der Waals surface area contributed by atoms with Crippen LogP contribution < -0.4 is 0 Å². The maximum Gasteiger partial charge on any atom is 0.508 e. The van der Waals surface area contributed by atoms with Gasteiger partial charge in [-0.2, -0.15) is 16.8 Å². The van der Waals surface area contributed by atoms with Crippen molar-refractivity contribution in [2.45, 2.75) is 0 Å². The lowest BCUT2D eigenvalue weighted by Crippen LogP contribution is -2.10. The van der Waals surface area contributed by atoms with Gasteiger partial charge in [-0.25, -0.2) is 4.79 Å². The van der Waals surface area contributed by atoms with E-state index in [-0.39, 0.29) is 0 Å². The Balaban J connectivity index is 0.000000280. The highest BCUT2D eigenvalue weighted by Gasteiger charge is 2.15. The summed E-state index contributed by atoms with van der Waals surface area (Å²) in [6.07, 6.45) is -0.546. The predicted octanol–water partition coefficient (Wildman–Crippen LogP) is -1.24. The van der Waals surface area contributed by atoms with Gasteiger partial charge >= 0.3 is 27.0 Å². The Morgan fingerprint density at radius 1 is 1.00 bits per heavy atom. The molecule has 10 nitrogen and oxygen atoms in total. The zero-order chi connectivity index (χ0) is 12.1. The molecule has 0 aliphatic carbocycles. The first-order chi connectivity index (χ1) is 6.60. The number of hydrogen-bond acceptors (Lipinski definition) is 8. The molecule has 15 heavy (non-hydrogen) atoms. The maximum atomic E-state index is 9.80. The van der Waals surface area contributed by atoms with E-state index in [4.69, 9.17) is 9.11 Å². The Bertz CT molecular complexity index is 364. The van der Waals surface area contributed by atoms with Crippen molar-refractivity contribution in [1.82, 2.24) is 0 Å². The summed E-state index contributed by atoms with van der Waals surface area (Å²) in [6.45, 7) is 0.831. The third-order valence-corrected chi connectivity index (χ3v) is 2.07. The highest BCUT2D eigenvalue weighted by molar-refractivity contribution is 7.94. The van der Waals surface area contributed by atoms with E-state index in [0.717, 1.165) is 0 Å². The fraction of sp³-hybridized carbons (Fsp3) is 0.667. The van der Waals surface area contributed by atoms with E-state index in [0.29, 0.717) is 13.2 Å². The molecule has 0 amide bonds. The van der Waals surface area contributed by atoms with Crippen LogP contribution in [0.15, 0.2) is 0 Å². The largest absolute Gasteiger partial charge is 0.508 e. The molecule has 0 saturated carbocycles. The molecular formula is C3H6O10S2. The summed E-state index contributed by atoms with van der Waals surface area (Å²) in [7, 11) is -10.2. The van der Waals surface area contributed by atoms with E-state index < -0.39 is 27.0 Å². The summed E-state index contributed by atoms with van der Waals surface area (Å²) in [4.78, 5) is 9.80. The van der Waals surface area contributed by atoms with Crippen molar-refractivity contribution in [3.8, 4) is 0 Å². The quantitative estimate of drug-likeness (QED) is 0.458. The topological polar surface area (TPSA) is 154 Å². The van der Waals surface area contributed by atoms with Gasteiger partial charge in [-0.1, -0.05) is 0 Å². The highest BCUT2D eigenvalue weighted by atomic mass is 32.3. The van der Waals surface area contributed by atoms with Crippen LogP contribution in [-0.4, -0.2) is 45.3 Å². The first kappa shape index (κ1) is 14.1. The van der Waals surface area contributed by atoms with E-state index in [1.165, 1.54) is 0 Å². The second kappa shape index (κ2) is 5.22. The first-order valence-electron chi connectivity index (χ1n) is 3.05. The van der Waals surface area contributed by atoms with Gasteiger partial charge in [0.05, 0.1) is 0 Å².